The highest BCUT2D eigenvalue weighted by atomic mass is 16.2. The summed E-state index contributed by atoms with van der Waals surface area (Å²) in [6, 6.07) is 0.150. The normalized spacial score (nSPS) is 20.1. The molecule has 1 aliphatic heterocycles. The molecule has 16 heavy (non-hydrogen) atoms. The van der Waals surface area contributed by atoms with E-state index in [1.165, 1.54) is 0 Å². The van der Waals surface area contributed by atoms with Crippen molar-refractivity contribution in [1.82, 2.24) is 9.88 Å². The van der Waals surface area contributed by atoms with Gasteiger partial charge in [-0.1, -0.05) is 13.8 Å². The van der Waals surface area contributed by atoms with E-state index in [-0.39, 0.29) is 17.9 Å². The van der Waals surface area contributed by atoms with Gasteiger partial charge in [-0.05, 0) is 6.92 Å². The Morgan fingerprint density at radius 1 is 1.62 bits per heavy atom. The fraction of sp³-hybridized carbons (Fsp3) is 0.667. The number of imidazole rings is 1. The molecule has 1 aromatic rings. The van der Waals surface area contributed by atoms with Crippen LogP contribution < -0.4 is 4.57 Å². The van der Waals surface area contributed by atoms with Gasteiger partial charge in [0.15, 0.2) is 0 Å². The number of carbonyl (C=O) groups excluding carboxylic acids is 1. The van der Waals surface area contributed by atoms with Gasteiger partial charge in [0.1, 0.15) is 24.5 Å². The van der Waals surface area contributed by atoms with Crippen molar-refractivity contribution in [3.05, 3.63) is 17.7 Å². The van der Waals surface area contributed by atoms with E-state index in [9.17, 15) is 4.79 Å². The number of aromatic nitrogens is 2. The molecule has 0 spiro atoms. The fourth-order valence-electron chi connectivity index (χ4n) is 2.33. The van der Waals surface area contributed by atoms with Gasteiger partial charge in [0, 0.05) is 12.8 Å². The minimum absolute atomic E-state index is 0.0741. The monoisotopic (exact) mass is 222 g/mol. The van der Waals surface area contributed by atoms with Crippen molar-refractivity contribution in [1.29, 1.82) is 0 Å². The molecule has 1 atom stereocenters. The summed E-state index contributed by atoms with van der Waals surface area (Å²) < 4.78 is 2.21. The maximum Gasteiger partial charge on any atom is 0.277 e. The molecule has 1 N–H and O–H groups in total. The first-order valence-corrected chi connectivity index (χ1v) is 5.90. The first-order chi connectivity index (χ1) is 7.50. The predicted octanol–water partition coefficient (Wildman–Crippen LogP) is 1.17. The van der Waals surface area contributed by atoms with Crippen LogP contribution in [0.5, 0.6) is 0 Å². The number of rotatable bonds is 1. The lowest BCUT2D eigenvalue weighted by molar-refractivity contribution is -0.711. The van der Waals surface area contributed by atoms with Crippen LogP contribution in [0.4, 0.5) is 0 Å². The number of H-pyrrole nitrogens is 1. The third kappa shape index (κ3) is 1.72. The van der Waals surface area contributed by atoms with Gasteiger partial charge in [-0.15, -0.1) is 0 Å². The molecule has 4 nitrogen and oxygen atoms in total. The summed E-state index contributed by atoms with van der Waals surface area (Å²) in [6.45, 7) is 9.75. The smallest absolute Gasteiger partial charge is 0.277 e. The second kappa shape index (κ2) is 3.92. The number of aryl methyl sites for hydroxylation is 1. The van der Waals surface area contributed by atoms with Crippen molar-refractivity contribution < 1.29 is 9.36 Å². The van der Waals surface area contributed by atoms with Crippen LogP contribution in [0.2, 0.25) is 0 Å². The van der Waals surface area contributed by atoms with Gasteiger partial charge < -0.3 is 4.90 Å². The Labute approximate surface area is 96.3 Å². The van der Waals surface area contributed by atoms with Crippen LogP contribution in [0.15, 0.2) is 6.20 Å². The van der Waals surface area contributed by atoms with Gasteiger partial charge in [-0.3, -0.25) is 4.79 Å². The number of hydrogen-bond donors (Lipinski definition) is 1. The first kappa shape index (κ1) is 11.2. The van der Waals surface area contributed by atoms with Crippen LogP contribution in [0.25, 0.3) is 0 Å². The summed E-state index contributed by atoms with van der Waals surface area (Å²) in [4.78, 5) is 17.3. The highest BCUT2D eigenvalue weighted by Crippen LogP contribution is 2.21. The van der Waals surface area contributed by atoms with Gasteiger partial charge in [0.2, 0.25) is 5.91 Å². The summed E-state index contributed by atoms with van der Waals surface area (Å²) in [5.74, 6) is 1.45. The van der Waals surface area contributed by atoms with Gasteiger partial charge in [-0.2, -0.15) is 0 Å². The molecule has 0 aromatic carbocycles. The second-order valence-corrected chi connectivity index (χ2v) is 4.88. The van der Waals surface area contributed by atoms with Crippen molar-refractivity contribution in [2.24, 2.45) is 5.92 Å². The Morgan fingerprint density at radius 2 is 2.31 bits per heavy atom. The van der Waals surface area contributed by atoms with Gasteiger partial charge >= 0.3 is 0 Å². The lowest BCUT2D eigenvalue weighted by Crippen LogP contribution is -2.53. The minimum atomic E-state index is 0.0741. The van der Waals surface area contributed by atoms with E-state index in [1.54, 1.807) is 0 Å². The van der Waals surface area contributed by atoms with Gasteiger partial charge in [-0.25, -0.2) is 9.55 Å². The molecule has 0 bridgehead atoms. The topological polar surface area (TPSA) is 40.0 Å². The lowest BCUT2D eigenvalue weighted by atomic mass is 10.1. The van der Waals surface area contributed by atoms with Gasteiger partial charge in [0.05, 0.1) is 6.54 Å². The van der Waals surface area contributed by atoms with Crippen molar-refractivity contribution in [2.75, 3.05) is 6.54 Å². The molecule has 88 valence electrons. The summed E-state index contributed by atoms with van der Waals surface area (Å²) in [5, 5.41) is 0. The van der Waals surface area contributed by atoms with E-state index in [1.807, 2.05) is 25.7 Å². The summed E-state index contributed by atoms with van der Waals surface area (Å²) in [5.41, 5.74) is 1.15. The molecule has 0 fully saturated rings. The van der Waals surface area contributed by atoms with E-state index in [0.717, 1.165) is 24.6 Å². The van der Waals surface area contributed by atoms with Crippen LogP contribution in [0, 0.1) is 12.8 Å². The zero-order valence-corrected chi connectivity index (χ0v) is 10.4. The zero-order valence-electron chi connectivity index (χ0n) is 10.4. The Bertz CT molecular complexity index is 408. The zero-order chi connectivity index (χ0) is 11.9. The maximum atomic E-state index is 12.0. The second-order valence-electron chi connectivity index (χ2n) is 4.88. The molecule has 1 unspecified atom stereocenters. The summed E-state index contributed by atoms with van der Waals surface area (Å²) in [6.07, 6.45) is 2.11. The molecule has 0 saturated heterocycles. The molecule has 1 aliphatic rings. The maximum absolute atomic E-state index is 12.0. The quantitative estimate of drug-likeness (QED) is 0.712. The molecule has 0 aliphatic carbocycles. The van der Waals surface area contributed by atoms with Crippen molar-refractivity contribution >= 4 is 5.91 Å². The van der Waals surface area contributed by atoms with Crippen molar-refractivity contribution in [3.8, 4) is 0 Å². The molecular weight excluding hydrogens is 202 g/mol. The largest absolute Gasteiger partial charge is 0.324 e. The third-order valence-electron chi connectivity index (χ3n) is 3.21. The highest BCUT2D eigenvalue weighted by Gasteiger charge is 2.34. The van der Waals surface area contributed by atoms with E-state index in [4.69, 9.17) is 0 Å². The van der Waals surface area contributed by atoms with Crippen LogP contribution in [-0.4, -0.2) is 22.3 Å². The summed E-state index contributed by atoms with van der Waals surface area (Å²) >= 11 is 0. The molecular formula is C12H20N3O+. The average Bonchev–Trinajstić information content (AvgIpc) is 2.59. The van der Waals surface area contributed by atoms with Crippen LogP contribution in [-0.2, 0) is 11.3 Å². The molecule has 4 heteroatoms. The molecule has 0 saturated carbocycles. The lowest BCUT2D eigenvalue weighted by Gasteiger charge is -2.31. The number of amides is 1. The highest BCUT2D eigenvalue weighted by molar-refractivity contribution is 5.78. The Kier molecular flexibility index (Phi) is 2.74. The standard InChI is InChI=1S/C12H19N3O/c1-8(2)12(16)15-6-5-14-7-9(3)13-11(14)10(15)4/h7-8,10H,5-6H2,1-4H3/p+1. The predicted molar refractivity (Wildman–Crippen MR) is 60.7 cm³/mol. The molecule has 0 radical (unpaired) electrons. The summed E-state index contributed by atoms with van der Waals surface area (Å²) in [7, 11) is 0. The Morgan fingerprint density at radius 3 is 2.94 bits per heavy atom. The fourth-order valence-corrected chi connectivity index (χ4v) is 2.33. The number of aromatic amines is 1. The molecule has 1 aromatic heterocycles. The van der Waals surface area contributed by atoms with Crippen LogP contribution in [0.3, 0.4) is 0 Å². The SMILES string of the molecule is Cc1c[n+]2c([nH]1)C(C)N(C(=O)C(C)C)CC2. The Hall–Kier alpha value is -1.32. The van der Waals surface area contributed by atoms with Crippen molar-refractivity contribution in [3.63, 3.8) is 0 Å². The van der Waals surface area contributed by atoms with E-state index < -0.39 is 0 Å². The Balaban J connectivity index is 2.27. The number of fused-ring (bicyclic) bond motifs is 1. The number of hydrogen-bond acceptors (Lipinski definition) is 1. The van der Waals surface area contributed by atoms with E-state index >= 15 is 0 Å². The van der Waals surface area contributed by atoms with Gasteiger partial charge in [0.25, 0.3) is 5.82 Å². The number of carbonyl (C=O) groups is 1. The molecule has 2 rings (SSSR count). The van der Waals surface area contributed by atoms with Crippen LogP contribution >= 0.6 is 0 Å². The van der Waals surface area contributed by atoms with E-state index in [0.29, 0.717) is 0 Å². The average molecular weight is 222 g/mol. The molecule has 2 heterocycles. The first-order valence-electron chi connectivity index (χ1n) is 5.90. The third-order valence-corrected chi connectivity index (χ3v) is 3.21. The number of nitrogens with one attached hydrogen (secondary N) is 1. The van der Waals surface area contributed by atoms with E-state index in [2.05, 4.69) is 22.7 Å². The number of nitrogens with zero attached hydrogens (tertiary/aromatic N) is 2. The van der Waals surface area contributed by atoms with Crippen molar-refractivity contribution in [2.45, 2.75) is 40.3 Å². The minimum Gasteiger partial charge on any atom is -0.324 e. The molecule has 1 amide bonds. The van der Waals surface area contributed by atoms with Crippen LogP contribution in [0.1, 0.15) is 38.3 Å².